The second-order valence-electron chi connectivity index (χ2n) is 7.13. The van der Waals surface area contributed by atoms with Crippen molar-refractivity contribution in [2.24, 2.45) is 0 Å². The maximum Gasteiger partial charge on any atom is 0.469 e. The molecule has 32 heavy (non-hydrogen) atoms. The zero-order chi connectivity index (χ0) is 24.6. The van der Waals surface area contributed by atoms with Crippen molar-refractivity contribution in [3.05, 3.63) is 0 Å². The van der Waals surface area contributed by atoms with Crippen LogP contribution in [0, 0.1) is 0 Å². The van der Waals surface area contributed by atoms with Crippen molar-refractivity contribution in [1.82, 2.24) is 0 Å². The van der Waals surface area contributed by atoms with Gasteiger partial charge in [-0.05, 0) is 0 Å². The summed E-state index contributed by atoms with van der Waals surface area (Å²) in [6, 6.07) is 0. The number of hydrogen-bond donors (Lipinski definition) is 10. The summed E-state index contributed by atoms with van der Waals surface area (Å²) < 4.78 is 29.6. The number of carboxylic acids is 2. The fourth-order valence-electron chi connectivity index (χ4n) is 3.13. The Kier molecular flexibility index (Phi) is 8.33. The molecule has 2 saturated heterocycles. The molecule has 0 spiro atoms. The van der Waals surface area contributed by atoms with E-state index in [-0.39, 0.29) is 0 Å². The van der Waals surface area contributed by atoms with Crippen LogP contribution in [0.4, 0.5) is 0 Å². The molecule has 2 aliphatic rings. The van der Waals surface area contributed by atoms with Gasteiger partial charge in [-0.2, -0.15) is 0 Å². The highest BCUT2D eigenvalue weighted by Crippen LogP contribution is 2.38. The Hall–Kier alpha value is -1.31. The molecule has 0 saturated carbocycles. The van der Waals surface area contributed by atoms with Crippen LogP contribution in [-0.2, 0) is 32.9 Å². The molecule has 1 unspecified atom stereocenters. The van der Waals surface area contributed by atoms with E-state index in [0.29, 0.717) is 0 Å². The first kappa shape index (κ1) is 26.9. The molecule has 0 aliphatic carbocycles. The molecule has 0 radical (unpaired) electrons. The largest absolute Gasteiger partial charge is 0.479 e. The predicted octanol–water partition coefficient (Wildman–Crippen LogP) is -5.34. The lowest BCUT2D eigenvalue weighted by Crippen LogP contribution is -2.65. The molecule has 2 rings (SSSR count). The Labute approximate surface area is 178 Å². The van der Waals surface area contributed by atoms with Crippen molar-refractivity contribution in [3.8, 4) is 0 Å². The van der Waals surface area contributed by atoms with Crippen LogP contribution in [0.3, 0.4) is 0 Å². The molecule has 10 atom stereocenters. The zero-order valence-corrected chi connectivity index (χ0v) is 16.8. The first-order chi connectivity index (χ1) is 14.6. The Balaban J connectivity index is 2.25. The molecule has 2 heterocycles. The summed E-state index contributed by atoms with van der Waals surface area (Å²) in [5, 5.41) is 78.5. The number of rotatable bonds is 8. The van der Waals surface area contributed by atoms with E-state index in [4.69, 9.17) is 29.1 Å². The SMILES string of the molecule is O=C(O)[C@H]1O[C@H](O[C@@H]2CC(O)(C(=O)O)O[C@H]([C@H](O)COP(=O)(O)O)[C@@H]2O)[C@H](O)[C@@H](O)[C@@H]1O. The lowest BCUT2D eigenvalue weighted by Gasteiger charge is -2.46. The quantitative estimate of drug-likeness (QED) is 0.141. The van der Waals surface area contributed by atoms with Gasteiger partial charge in [-0.3, -0.25) is 4.52 Å². The molecule has 0 aromatic rings. The Morgan fingerprint density at radius 1 is 1.06 bits per heavy atom. The summed E-state index contributed by atoms with van der Waals surface area (Å²) in [4.78, 5) is 40.0. The van der Waals surface area contributed by atoms with Gasteiger partial charge in [0.1, 0.15) is 36.6 Å². The van der Waals surface area contributed by atoms with Crippen molar-refractivity contribution in [2.75, 3.05) is 6.61 Å². The predicted molar refractivity (Wildman–Crippen MR) is 91.3 cm³/mol. The topological polar surface area (TPSA) is 290 Å². The number of carboxylic acid groups (broad SMARTS) is 2. The first-order valence-electron chi connectivity index (χ1n) is 8.85. The molecule has 0 bridgehead atoms. The second kappa shape index (κ2) is 9.90. The third kappa shape index (κ3) is 5.97. The molecule has 2 aliphatic heterocycles. The van der Waals surface area contributed by atoms with Gasteiger partial charge in [0.25, 0.3) is 5.79 Å². The lowest BCUT2D eigenvalue weighted by atomic mass is 9.92. The highest BCUT2D eigenvalue weighted by molar-refractivity contribution is 7.46. The summed E-state index contributed by atoms with van der Waals surface area (Å²) in [6.45, 7) is -1.18. The van der Waals surface area contributed by atoms with Crippen LogP contribution >= 0.6 is 7.82 Å². The number of aliphatic hydroxyl groups excluding tert-OH is 5. The van der Waals surface area contributed by atoms with Gasteiger partial charge in [0.15, 0.2) is 12.4 Å². The van der Waals surface area contributed by atoms with E-state index in [9.17, 15) is 49.9 Å². The Morgan fingerprint density at radius 2 is 1.66 bits per heavy atom. The Morgan fingerprint density at radius 3 is 2.16 bits per heavy atom. The average molecular weight is 494 g/mol. The summed E-state index contributed by atoms with van der Waals surface area (Å²) in [7, 11) is -5.09. The van der Waals surface area contributed by atoms with Crippen molar-refractivity contribution in [1.29, 1.82) is 0 Å². The van der Waals surface area contributed by atoms with E-state index in [0.717, 1.165) is 0 Å². The van der Waals surface area contributed by atoms with Crippen molar-refractivity contribution < 1.29 is 83.5 Å². The number of ether oxygens (including phenoxy) is 3. The molecule has 186 valence electrons. The van der Waals surface area contributed by atoms with Crippen LogP contribution in [0.25, 0.3) is 0 Å². The standard InChI is InChI=1S/C14H23O17P/c15-3(2-28-32(25,26)27)9-5(16)4(1-14(24,31-9)13(22)23)29-12-8(19)6(17)7(18)10(30-12)11(20)21/h3-10,12,15-19,24H,1-2H2,(H,20,21)(H,22,23)(H2,25,26,27)/t3-,4-,5-,6+,7+,8-,9-,10+,12+,14?/m1/s1. The highest BCUT2D eigenvalue weighted by atomic mass is 31.2. The number of hydrogen-bond acceptors (Lipinski definition) is 13. The maximum absolute atomic E-state index is 11.4. The normalized spacial score (nSPS) is 41.8. The van der Waals surface area contributed by atoms with E-state index < -0.39 is 93.7 Å². The van der Waals surface area contributed by atoms with Crippen molar-refractivity contribution >= 4 is 19.8 Å². The summed E-state index contributed by atoms with van der Waals surface area (Å²) >= 11 is 0. The molecule has 0 amide bonds. The van der Waals surface area contributed by atoms with Gasteiger partial charge in [-0.1, -0.05) is 0 Å². The molecular formula is C14H23O17P. The van der Waals surface area contributed by atoms with Gasteiger partial charge < -0.3 is 64.8 Å². The second-order valence-corrected chi connectivity index (χ2v) is 8.37. The van der Waals surface area contributed by atoms with Gasteiger partial charge >= 0.3 is 19.8 Å². The van der Waals surface area contributed by atoms with Crippen LogP contribution in [0.5, 0.6) is 0 Å². The number of carbonyl (C=O) groups is 2. The minimum atomic E-state index is -5.09. The van der Waals surface area contributed by atoms with Gasteiger partial charge in [-0.15, -0.1) is 0 Å². The van der Waals surface area contributed by atoms with E-state index >= 15 is 0 Å². The average Bonchev–Trinajstić information content (AvgIpc) is 2.68. The number of aliphatic carboxylic acids is 2. The molecule has 18 heteroatoms. The van der Waals surface area contributed by atoms with E-state index in [1.165, 1.54) is 0 Å². The van der Waals surface area contributed by atoms with Gasteiger partial charge in [0, 0.05) is 6.42 Å². The fourth-order valence-corrected chi connectivity index (χ4v) is 3.47. The van der Waals surface area contributed by atoms with Crippen molar-refractivity contribution in [3.63, 3.8) is 0 Å². The Bertz CT molecular complexity index is 741. The number of aliphatic hydroxyl groups is 6. The van der Waals surface area contributed by atoms with Gasteiger partial charge in [0.2, 0.25) is 0 Å². The van der Waals surface area contributed by atoms with Gasteiger partial charge in [0.05, 0.1) is 12.7 Å². The highest BCUT2D eigenvalue weighted by Gasteiger charge is 2.55. The number of phosphoric acid groups is 1. The molecule has 0 aromatic carbocycles. The lowest BCUT2D eigenvalue weighted by molar-refractivity contribution is -0.351. The fraction of sp³-hybridized carbons (Fsp3) is 0.857. The molecule has 2 fully saturated rings. The van der Waals surface area contributed by atoms with E-state index in [2.05, 4.69) is 4.52 Å². The van der Waals surface area contributed by atoms with Gasteiger partial charge in [-0.25, -0.2) is 14.2 Å². The van der Waals surface area contributed by atoms with Crippen molar-refractivity contribution in [2.45, 2.75) is 67.3 Å². The first-order valence-corrected chi connectivity index (χ1v) is 10.4. The van der Waals surface area contributed by atoms with Crippen LogP contribution < -0.4 is 0 Å². The van der Waals surface area contributed by atoms with E-state index in [1.54, 1.807) is 0 Å². The van der Waals surface area contributed by atoms with Crippen LogP contribution in [0.15, 0.2) is 0 Å². The summed E-state index contributed by atoms with van der Waals surface area (Å²) in [5.41, 5.74) is 0. The summed E-state index contributed by atoms with van der Waals surface area (Å²) in [5.74, 6) is -6.90. The third-order valence-corrected chi connectivity index (χ3v) is 5.26. The molecular weight excluding hydrogens is 471 g/mol. The zero-order valence-electron chi connectivity index (χ0n) is 15.9. The van der Waals surface area contributed by atoms with E-state index in [1.807, 2.05) is 0 Å². The third-order valence-electron chi connectivity index (χ3n) is 4.78. The van der Waals surface area contributed by atoms with Crippen LogP contribution in [0.1, 0.15) is 6.42 Å². The monoisotopic (exact) mass is 494 g/mol. The maximum atomic E-state index is 11.4. The smallest absolute Gasteiger partial charge is 0.469 e. The molecule has 17 nitrogen and oxygen atoms in total. The summed E-state index contributed by atoms with van der Waals surface area (Å²) in [6.07, 6.45) is -19.6. The van der Waals surface area contributed by atoms with Crippen LogP contribution in [-0.4, -0.2) is 130 Å². The minimum Gasteiger partial charge on any atom is -0.479 e. The molecule has 0 aromatic heterocycles. The number of phosphoric ester groups is 1. The van der Waals surface area contributed by atoms with Crippen LogP contribution in [0.2, 0.25) is 0 Å². The minimum absolute atomic E-state index is 1.06. The molecule has 10 N–H and O–H groups in total.